The standard InChI is InChI=1S/C15H25N3/c1-12-3-4-14(13(2)11-12)15(16)5-8-18-9-6-17-7-10-18/h3-4,11,15,17H,5-10,16H2,1-2H3. The Morgan fingerprint density at radius 3 is 2.67 bits per heavy atom. The van der Waals surface area contributed by atoms with Gasteiger partial charge in [-0.3, -0.25) is 0 Å². The van der Waals surface area contributed by atoms with Crippen LogP contribution in [0.2, 0.25) is 0 Å². The monoisotopic (exact) mass is 247 g/mol. The Morgan fingerprint density at radius 1 is 1.28 bits per heavy atom. The Labute approximate surface area is 110 Å². The van der Waals surface area contributed by atoms with Crippen molar-refractivity contribution < 1.29 is 0 Å². The molecule has 1 aromatic rings. The van der Waals surface area contributed by atoms with Gasteiger partial charge in [0.15, 0.2) is 0 Å². The highest BCUT2D eigenvalue weighted by atomic mass is 15.2. The Morgan fingerprint density at radius 2 is 2.00 bits per heavy atom. The van der Waals surface area contributed by atoms with E-state index in [0.717, 1.165) is 39.1 Å². The van der Waals surface area contributed by atoms with Crippen LogP contribution in [0.15, 0.2) is 18.2 Å². The SMILES string of the molecule is Cc1ccc(C(N)CCN2CCNCC2)c(C)c1. The molecule has 18 heavy (non-hydrogen) atoms. The van der Waals surface area contributed by atoms with E-state index >= 15 is 0 Å². The van der Waals surface area contributed by atoms with Gasteiger partial charge in [0, 0.05) is 38.8 Å². The normalized spacial score (nSPS) is 18.8. The molecule has 0 aliphatic carbocycles. The minimum atomic E-state index is 0.167. The first-order valence-electron chi connectivity index (χ1n) is 6.92. The summed E-state index contributed by atoms with van der Waals surface area (Å²) in [6, 6.07) is 6.74. The van der Waals surface area contributed by atoms with Crippen molar-refractivity contribution in [3.8, 4) is 0 Å². The van der Waals surface area contributed by atoms with Crippen LogP contribution in [-0.2, 0) is 0 Å². The van der Waals surface area contributed by atoms with E-state index < -0.39 is 0 Å². The van der Waals surface area contributed by atoms with Crippen molar-refractivity contribution in [1.82, 2.24) is 10.2 Å². The van der Waals surface area contributed by atoms with Crippen LogP contribution in [0.1, 0.15) is 29.2 Å². The van der Waals surface area contributed by atoms with Gasteiger partial charge in [-0.05, 0) is 31.4 Å². The van der Waals surface area contributed by atoms with Gasteiger partial charge in [0.2, 0.25) is 0 Å². The Hall–Kier alpha value is -0.900. The molecule has 0 radical (unpaired) electrons. The Bertz CT molecular complexity index is 383. The Balaban J connectivity index is 1.88. The molecule has 0 bridgehead atoms. The van der Waals surface area contributed by atoms with Crippen molar-refractivity contribution >= 4 is 0 Å². The zero-order valence-corrected chi connectivity index (χ0v) is 11.6. The number of hydrogen-bond donors (Lipinski definition) is 2. The highest BCUT2D eigenvalue weighted by Crippen LogP contribution is 2.20. The Kier molecular flexibility index (Phi) is 4.75. The third-order valence-electron chi connectivity index (χ3n) is 3.79. The fraction of sp³-hybridized carbons (Fsp3) is 0.600. The van der Waals surface area contributed by atoms with Crippen LogP contribution >= 0.6 is 0 Å². The summed E-state index contributed by atoms with van der Waals surface area (Å²) in [6.07, 6.45) is 1.05. The van der Waals surface area contributed by atoms with Crippen LogP contribution in [0.4, 0.5) is 0 Å². The van der Waals surface area contributed by atoms with E-state index in [2.05, 4.69) is 42.3 Å². The second-order valence-corrected chi connectivity index (χ2v) is 5.35. The first kappa shape index (κ1) is 13.5. The van der Waals surface area contributed by atoms with Crippen LogP contribution in [0.25, 0.3) is 0 Å². The van der Waals surface area contributed by atoms with Gasteiger partial charge in [-0.15, -0.1) is 0 Å². The second kappa shape index (κ2) is 6.32. The topological polar surface area (TPSA) is 41.3 Å². The summed E-state index contributed by atoms with van der Waals surface area (Å²) < 4.78 is 0. The van der Waals surface area contributed by atoms with Gasteiger partial charge in [0.25, 0.3) is 0 Å². The quantitative estimate of drug-likeness (QED) is 0.849. The van der Waals surface area contributed by atoms with Crippen molar-refractivity contribution in [3.63, 3.8) is 0 Å². The van der Waals surface area contributed by atoms with E-state index in [0.29, 0.717) is 0 Å². The second-order valence-electron chi connectivity index (χ2n) is 5.35. The molecular formula is C15H25N3. The molecule has 1 heterocycles. The lowest BCUT2D eigenvalue weighted by Crippen LogP contribution is -2.44. The number of piperazine rings is 1. The van der Waals surface area contributed by atoms with Crippen molar-refractivity contribution in [1.29, 1.82) is 0 Å². The zero-order valence-electron chi connectivity index (χ0n) is 11.6. The average molecular weight is 247 g/mol. The van der Waals surface area contributed by atoms with Crippen LogP contribution < -0.4 is 11.1 Å². The molecule has 0 spiro atoms. The molecule has 1 atom stereocenters. The summed E-state index contributed by atoms with van der Waals surface area (Å²) in [5.41, 5.74) is 10.3. The third-order valence-corrected chi connectivity index (χ3v) is 3.79. The summed E-state index contributed by atoms with van der Waals surface area (Å²) in [5.74, 6) is 0. The maximum atomic E-state index is 6.32. The summed E-state index contributed by atoms with van der Waals surface area (Å²) >= 11 is 0. The molecule has 1 aliphatic heterocycles. The number of rotatable bonds is 4. The molecule has 100 valence electrons. The molecule has 3 nitrogen and oxygen atoms in total. The van der Waals surface area contributed by atoms with E-state index in [1.807, 2.05) is 0 Å². The molecule has 1 fully saturated rings. The molecule has 1 aliphatic rings. The first-order chi connectivity index (χ1) is 8.66. The minimum Gasteiger partial charge on any atom is -0.324 e. The van der Waals surface area contributed by atoms with Crippen molar-refractivity contribution in [3.05, 3.63) is 34.9 Å². The first-order valence-corrected chi connectivity index (χ1v) is 6.92. The molecule has 1 unspecified atom stereocenters. The summed E-state index contributed by atoms with van der Waals surface area (Å²) in [6.45, 7) is 9.92. The third kappa shape index (κ3) is 3.55. The van der Waals surface area contributed by atoms with Crippen LogP contribution in [0.3, 0.4) is 0 Å². The van der Waals surface area contributed by atoms with Crippen molar-refractivity contribution in [2.75, 3.05) is 32.7 Å². The summed E-state index contributed by atoms with van der Waals surface area (Å²) in [7, 11) is 0. The zero-order chi connectivity index (χ0) is 13.0. The minimum absolute atomic E-state index is 0.167. The smallest absolute Gasteiger partial charge is 0.0309 e. The molecular weight excluding hydrogens is 222 g/mol. The summed E-state index contributed by atoms with van der Waals surface area (Å²) in [4.78, 5) is 2.50. The number of benzene rings is 1. The lowest BCUT2D eigenvalue weighted by Gasteiger charge is -2.28. The van der Waals surface area contributed by atoms with Gasteiger partial charge in [0.05, 0.1) is 0 Å². The average Bonchev–Trinajstić information content (AvgIpc) is 2.37. The molecule has 1 saturated heterocycles. The lowest BCUT2D eigenvalue weighted by molar-refractivity contribution is 0.233. The maximum Gasteiger partial charge on any atom is 0.0309 e. The van der Waals surface area contributed by atoms with E-state index in [9.17, 15) is 0 Å². The summed E-state index contributed by atoms with van der Waals surface area (Å²) in [5, 5.41) is 3.38. The molecule has 0 amide bonds. The van der Waals surface area contributed by atoms with E-state index in [1.165, 1.54) is 16.7 Å². The number of aryl methyl sites for hydroxylation is 2. The van der Waals surface area contributed by atoms with Crippen LogP contribution in [-0.4, -0.2) is 37.6 Å². The predicted octanol–water partition coefficient (Wildman–Crippen LogP) is 1.60. The molecule has 3 heteroatoms. The van der Waals surface area contributed by atoms with E-state index in [4.69, 9.17) is 5.73 Å². The molecule has 0 saturated carbocycles. The fourth-order valence-corrected chi connectivity index (χ4v) is 2.65. The highest BCUT2D eigenvalue weighted by molar-refractivity contribution is 5.32. The molecule has 2 rings (SSSR count). The highest BCUT2D eigenvalue weighted by Gasteiger charge is 2.13. The van der Waals surface area contributed by atoms with Crippen LogP contribution in [0, 0.1) is 13.8 Å². The number of nitrogens with zero attached hydrogens (tertiary/aromatic N) is 1. The molecule has 3 N–H and O–H groups in total. The van der Waals surface area contributed by atoms with E-state index in [-0.39, 0.29) is 6.04 Å². The number of nitrogens with one attached hydrogen (secondary N) is 1. The maximum absolute atomic E-state index is 6.32. The van der Waals surface area contributed by atoms with Crippen molar-refractivity contribution in [2.24, 2.45) is 5.73 Å². The van der Waals surface area contributed by atoms with Gasteiger partial charge in [-0.2, -0.15) is 0 Å². The van der Waals surface area contributed by atoms with E-state index in [1.54, 1.807) is 0 Å². The number of nitrogens with two attached hydrogens (primary N) is 1. The number of hydrogen-bond acceptors (Lipinski definition) is 3. The lowest BCUT2D eigenvalue weighted by atomic mass is 9.97. The predicted molar refractivity (Wildman–Crippen MR) is 76.8 cm³/mol. The largest absolute Gasteiger partial charge is 0.324 e. The molecule has 0 aromatic heterocycles. The molecule has 1 aromatic carbocycles. The van der Waals surface area contributed by atoms with Crippen LogP contribution in [0.5, 0.6) is 0 Å². The van der Waals surface area contributed by atoms with Gasteiger partial charge in [0.1, 0.15) is 0 Å². The van der Waals surface area contributed by atoms with Gasteiger partial charge in [-0.1, -0.05) is 23.8 Å². The van der Waals surface area contributed by atoms with Gasteiger partial charge >= 0.3 is 0 Å². The van der Waals surface area contributed by atoms with Gasteiger partial charge < -0.3 is 16.0 Å². The van der Waals surface area contributed by atoms with Gasteiger partial charge in [-0.25, -0.2) is 0 Å². The fourth-order valence-electron chi connectivity index (χ4n) is 2.65. The van der Waals surface area contributed by atoms with Crippen molar-refractivity contribution in [2.45, 2.75) is 26.3 Å².